The van der Waals surface area contributed by atoms with Crippen LogP contribution in [0.4, 0.5) is 16.4 Å². The zero-order valence-corrected chi connectivity index (χ0v) is 14.8. The number of hydrogen-bond acceptors (Lipinski definition) is 7. The van der Waals surface area contributed by atoms with Crippen molar-refractivity contribution >= 4 is 17.7 Å². The third-order valence-corrected chi connectivity index (χ3v) is 4.62. The maximum atomic E-state index is 11.5. The first-order valence-electron chi connectivity index (χ1n) is 8.51. The van der Waals surface area contributed by atoms with E-state index in [2.05, 4.69) is 15.3 Å². The zero-order chi connectivity index (χ0) is 17.9. The Bertz CT molecular complexity index is 613. The molecule has 0 saturated carbocycles. The number of ether oxygens (including phenoxy) is 2. The van der Waals surface area contributed by atoms with Crippen molar-refractivity contribution in [1.29, 1.82) is 0 Å². The highest BCUT2D eigenvalue weighted by molar-refractivity contribution is 5.72. The number of nitrogens with two attached hydrogens (primary N) is 1. The summed E-state index contributed by atoms with van der Waals surface area (Å²) in [4.78, 5) is 23.5. The molecule has 3 rings (SSSR count). The predicted molar refractivity (Wildman–Crippen MR) is 93.7 cm³/mol. The zero-order valence-electron chi connectivity index (χ0n) is 14.8. The van der Waals surface area contributed by atoms with E-state index in [4.69, 9.17) is 15.2 Å². The minimum atomic E-state index is -0.460. The van der Waals surface area contributed by atoms with E-state index >= 15 is 0 Å². The molecule has 25 heavy (non-hydrogen) atoms. The summed E-state index contributed by atoms with van der Waals surface area (Å²) in [7, 11) is 3.87. The molecule has 0 bridgehead atoms. The lowest BCUT2D eigenvalue weighted by Gasteiger charge is -2.31. The second kappa shape index (κ2) is 7.40. The van der Waals surface area contributed by atoms with Gasteiger partial charge in [-0.25, -0.2) is 14.8 Å². The Morgan fingerprint density at radius 2 is 2.36 bits per heavy atom. The fraction of sp³-hybridized carbons (Fsp3) is 0.688. The fourth-order valence-corrected chi connectivity index (χ4v) is 3.26. The number of nitrogens with one attached hydrogen (secondary N) is 1. The molecule has 9 heteroatoms. The van der Waals surface area contributed by atoms with E-state index in [-0.39, 0.29) is 6.10 Å². The van der Waals surface area contributed by atoms with Crippen LogP contribution in [0.15, 0.2) is 12.4 Å². The first-order chi connectivity index (χ1) is 12.0. The molecule has 2 amide bonds. The molecular weight excluding hydrogens is 324 g/mol. The third-order valence-electron chi connectivity index (χ3n) is 4.62. The van der Waals surface area contributed by atoms with Crippen molar-refractivity contribution in [1.82, 2.24) is 14.9 Å². The molecule has 0 unspecified atom stereocenters. The van der Waals surface area contributed by atoms with Gasteiger partial charge in [-0.3, -0.25) is 0 Å². The Morgan fingerprint density at radius 1 is 1.52 bits per heavy atom. The molecule has 1 spiro atoms. The van der Waals surface area contributed by atoms with Gasteiger partial charge in [-0.05, 0) is 12.8 Å². The summed E-state index contributed by atoms with van der Waals surface area (Å²) >= 11 is 0. The molecule has 0 aliphatic carbocycles. The number of amides is 2. The van der Waals surface area contributed by atoms with Gasteiger partial charge in [0.1, 0.15) is 23.6 Å². The Kier molecular flexibility index (Phi) is 5.24. The van der Waals surface area contributed by atoms with Crippen molar-refractivity contribution in [3.05, 3.63) is 12.4 Å². The van der Waals surface area contributed by atoms with Crippen LogP contribution >= 0.6 is 0 Å². The van der Waals surface area contributed by atoms with E-state index in [9.17, 15) is 4.79 Å². The highest BCUT2D eigenvalue weighted by Crippen LogP contribution is 2.33. The summed E-state index contributed by atoms with van der Waals surface area (Å²) in [6, 6.07) is 1.47. The van der Waals surface area contributed by atoms with Gasteiger partial charge < -0.3 is 30.3 Å². The maximum absolute atomic E-state index is 11.5. The van der Waals surface area contributed by atoms with Crippen molar-refractivity contribution < 1.29 is 14.3 Å². The van der Waals surface area contributed by atoms with Crippen molar-refractivity contribution in [3.8, 4) is 0 Å². The maximum Gasteiger partial charge on any atom is 0.314 e. The lowest BCUT2D eigenvalue weighted by atomic mass is 10.0. The smallest absolute Gasteiger partial charge is 0.314 e. The Hall–Kier alpha value is -2.13. The first-order valence-corrected chi connectivity index (χ1v) is 8.51. The monoisotopic (exact) mass is 350 g/mol. The molecule has 9 nitrogen and oxygen atoms in total. The molecule has 1 aromatic heterocycles. The number of aromatic nitrogens is 2. The van der Waals surface area contributed by atoms with Crippen LogP contribution < -0.4 is 16.0 Å². The van der Waals surface area contributed by atoms with Crippen molar-refractivity contribution in [2.75, 3.05) is 57.2 Å². The molecule has 0 radical (unpaired) electrons. The van der Waals surface area contributed by atoms with Gasteiger partial charge in [-0.15, -0.1) is 0 Å². The number of hydrogen-bond donors (Lipinski definition) is 2. The lowest BCUT2D eigenvalue weighted by Crippen LogP contribution is -2.48. The Labute approximate surface area is 147 Å². The normalized spacial score (nSPS) is 26.5. The topological polar surface area (TPSA) is 106 Å². The molecule has 3 heterocycles. The standard InChI is InChI=1S/C16H26N6O3/c1-21(2)14-7-13(19-11-20-14)18-8-12-3-4-16(25-12)9-22(15(17)23)5-6-24-10-16/h7,11-12H,3-6,8-10H2,1-2H3,(H2,17,23)(H,18,19,20)/t12-,16-/m1/s1. The van der Waals surface area contributed by atoms with Gasteiger partial charge >= 0.3 is 6.03 Å². The van der Waals surface area contributed by atoms with Crippen LogP contribution in [0.3, 0.4) is 0 Å². The summed E-state index contributed by atoms with van der Waals surface area (Å²) in [6.45, 7) is 2.62. The molecule has 2 atom stereocenters. The van der Waals surface area contributed by atoms with E-state index in [1.165, 1.54) is 0 Å². The summed E-state index contributed by atoms with van der Waals surface area (Å²) < 4.78 is 11.9. The number of nitrogens with zero attached hydrogens (tertiary/aromatic N) is 4. The third kappa shape index (κ3) is 4.29. The van der Waals surface area contributed by atoms with Gasteiger partial charge in [0.2, 0.25) is 0 Å². The van der Waals surface area contributed by atoms with Gasteiger partial charge in [0.25, 0.3) is 0 Å². The van der Waals surface area contributed by atoms with E-state index in [1.807, 2.05) is 25.1 Å². The fourth-order valence-electron chi connectivity index (χ4n) is 3.26. The molecule has 2 aliphatic rings. The second-order valence-electron chi connectivity index (χ2n) is 6.81. The minimum absolute atomic E-state index is 0.0363. The molecule has 0 aromatic carbocycles. The van der Waals surface area contributed by atoms with Crippen LogP contribution in [-0.4, -0.2) is 79.5 Å². The first kappa shape index (κ1) is 17.7. The van der Waals surface area contributed by atoms with Crippen LogP contribution in [0.1, 0.15) is 12.8 Å². The number of rotatable bonds is 4. The highest BCUT2D eigenvalue weighted by atomic mass is 16.6. The lowest BCUT2D eigenvalue weighted by molar-refractivity contribution is -0.0795. The largest absolute Gasteiger partial charge is 0.377 e. The van der Waals surface area contributed by atoms with Gasteiger partial charge in [0, 0.05) is 33.3 Å². The molecule has 138 valence electrons. The second-order valence-corrected chi connectivity index (χ2v) is 6.81. The predicted octanol–water partition coefficient (Wildman–Crippen LogP) is 0.283. The molecular formula is C16H26N6O3. The Balaban J connectivity index is 1.57. The van der Waals surface area contributed by atoms with E-state index < -0.39 is 11.6 Å². The molecule has 1 aromatic rings. The molecule has 2 saturated heterocycles. The summed E-state index contributed by atoms with van der Waals surface area (Å²) in [5, 5.41) is 3.30. The summed E-state index contributed by atoms with van der Waals surface area (Å²) in [6.07, 6.45) is 3.32. The highest BCUT2D eigenvalue weighted by Gasteiger charge is 2.43. The van der Waals surface area contributed by atoms with Crippen molar-refractivity contribution in [2.45, 2.75) is 24.5 Å². The van der Waals surface area contributed by atoms with Crippen LogP contribution in [0.5, 0.6) is 0 Å². The van der Waals surface area contributed by atoms with Crippen LogP contribution in [0.2, 0.25) is 0 Å². The van der Waals surface area contributed by atoms with Gasteiger partial charge in [-0.1, -0.05) is 0 Å². The number of carbonyl (C=O) groups excluding carboxylic acids is 1. The van der Waals surface area contributed by atoms with Gasteiger partial charge in [0.05, 0.1) is 25.9 Å². The van der Waals surface area contributed by atoms with E-state index in [0.29, 0.717) is 32.8 Å². The number of carbonyl (C=O) groups is 1. The van der Waals surface area contributed by atoms with Crippen LogP contribution in [0, 0.1) is 0 Å². The summed E-state index contributed by atoms with van der Waals surface area (Å²) in [5.74, 6) is 1.61. The van der Waals surface area contributed by atoms with E-state index in [1.54, 1.807) is 11.2 Å². The minimum Gasteiger partial charge on any atom is -0.377 e. The molecule has 3 N–H and O–H groups in total. The molecule has 2 fully saturated rings. The van der Waals surface area contributed by atoms with Gasteiger partial charge in [0.15, 0.2) is 0 Å². The van der Waals surface area contributed by atoms with Crippen molar-refractivity contribution in [3.63, 3.8) is 0 Å². The quantitative estimate of drug-likeness (QED) is 0.803. The van der Waals surface area contributed by atoms with Gasteiger partial charge in [-0.2, -0.15) is 0 Å². The SMILES string of the molecule is CN(C)c1cc(NC[C@H]2CC[C@@]3(COCCN(C(N)=O)C3)O2)ncn1. The average Bonchev–Trinajstić information content (AvgIpc) is 2.86. The number of anilines is 2. The van der Waals surface area contributed by atoms with Crippen LogP contribution in [0.25, 0.3) is 0 Å². The Morgan fingerprint density at radius 3 is 3.12 bits per heavy atom. The number of primary amides is 1. The average molecular weight is 350 g/mol. The summed E-state index contributed by atoms with van der Waals surface area (Å²) in [5.41, 5.74) is 4.98. The van der Waals surface area contributed by atoms with E-state index in [0.717, 1.165) is 24.5 Å². The van der Waals surface area contributed by atoms with Crippen LogP contribution in [-0.2, 0) is 9.47 Å². The van der Waals surface area contributed by atoms with Crippen molar-refractivity contribution in [2.24, 2.45) is 5.73 Å². The molecule has 2 aliphatic heterocycles. The number of urea groups is 1.